The second kappa shape index (κ2) is 6.12. The van der Waals surface area contributed by atoms with Gasteiger partial charge in [-0.2, -0.15) is 4.31 Å². The van der Waals surface area contributed by atoms with Gasteiger partial charge < -0.3 is 4.74 Å². The third kappa shape index (κ3) is 3.57. The number of sulfonamides is 1. The number of fused-ring (bicyclic) bond motifs is 1. The van der Waals surface area contributed by atoms with Crippen LogP contribution < -0.4 is 0 Å². The van der Waals surface area contributed by atoms with E-state index >= 15 is 0 Å². The van der Waals surface area contributed by atoms with Crippen LogP contribution in [0.3, 0.4) is 0 Å². The van der Waals surface area contributed by atoms with E-state index < -0.39 is 37.8 Å². The fourth-order valence-corrected chi connectivity index (χ4v) is 6.74. The fraction of sp³-hybridized carbons (Fsp3) is 0.571. The highest BCUT2D eigenvalue weighted by molar-refractivity contribution is 7.92. The van der Waals surface area contributed by atoms with E-state index in [1.807, 2.05) is 0 Å². The Morgan fingerprint density at radius 1 is 1.26 bits per heavy atom. The summed E-state index contributed by atoms with van der Waals surface area (Å²) in [7, 11) is -6.97. The summed E-state index contributed by atoms with van der Waals surface area (Å²) in [5, 5.41) is 0. The van der Waals surface area contributed by atoms with Gasteiger partial charge in [0.2, 0.25) is 10.0 Å². The quantitative estimate of drug-likeness (QED) is 0.763. The number of halogens is 1. The number of hydrogen-bond acceptors (Lipinski definition) is 5. The van der Waals surface area contributed by atoms with Crippen LogP contribution in [-0.4, -0.2) is 63.7 Å². The monoisotopic (exact) mass is 363 g/mol. The third-order valence-corrected chi connectivity index (χ3v) is 7.80. The first kappa shape index (κ1) is 16.8. The normalized spacial score (nSPS) is 27.7. The van der Waals surface area contributed by atoms with Crippen molar-refractivity contribution >= 4 is 19.9 Å². The molecule has 1 aromatic carbocycles. The van der Waals surface area contributed by atoms with Gasteiger partial charge in [-0.25, -0.2) is 21.2 Å². The highest BCUT2D eigenvalue weighted by atomic mass is 32.2. The number of ether oxygens (including phenoxy) is 1. The highest BCUT2D eigenvalue weighted by Crippen LogP contribution is 2.27. The maximum atomic E-state index is 13.6. The Bertz CT molecular complexity index is 793. The van der Waals surface area contributed by atoms with Crippen LogP contribution >= 0.6 is 0 Å². The maximum absolute atomic E-state index is 13.6. The lowest BCUT2D eigenvalue weighted by atomic mass is 10.2. The van der Waals surface area contributed by atoms with Gasteiger partial charge in [-0.05, 0) is 18.1 Å². The van der Waals surface area contributed by atoms with Crippen molar-refractivity contribution in [3.8, 4) is 0 Å². The Morgan fingerprint density at radius 3 is 2.74 bits per heavy atom. The molecule has 0 aliphatic carbocycles. The zero-order chi connectivity index (χ0) is 16.7. The lowest BCUT2D eigenvalue weighted by molar-refractivity contribution is -0.0141. The fourth-order valence-electron chi connectivity index (χ4n) is 3.09. The van der Waals surface area contributed by atoms with Gasteiger partial charge >= 0.3 is 0 Å². The van der Waals surface area contributed by atoms with E-state index in [-0.39, 0.29) is 36.8 Å². The molecule has 0 amide bonds. The average molecular weight is 363 g/mol. The number of benzene rings is 1. The van der Waals surface area contributed by atoms with Crippen LogP contribution in [0.15, 0.2) is 24.3 Å². The molecule has 9 heteroatoms. The molecule has 2 saturated heterocycles. The lowest BCUT2D eigenvalue weighted by Gasteiger charge is -2.35. The van der Waals surface area contributed by atoms with Gasteiger partial charge in [0.15, 0.2) is 9.84 Å². The molecule has 0 N–H and O–H groups in total. The summed E-state index contributed by atoms with van der Waals surface area (Å²) in [6, 6.07) is 5.37. The first-order valence-electron chi connectivity index (χ1n) is 7.33. The Hall–Kier alpha value is -1.03. The van der Waals surface area contributed by atoms with Crippen molar-refractivity contribution < 1.29 is 26.0 Å². The first-order chi connectivity index (χ1) is 10.8. The van der Waals surface area contributed by atoms with Gasteiger partial charge in [0, 0.05) is 6.54 Å². The molecule has 0 saturated carbocycles. The Balaban J connectivity index is 1.75. The van der Waals surface area contributed by atoms with Crippen molar-refractivity contribution in [2.24, 2.45) is 0 Å². The Morgan fingerprint density at radius 2 is 2.00 bits per heavy atom. The van der Waals surface area contributed by atoms with Crippen molar-refractivity contribution in [3.05, 3.63) is 35.6 Å². The minimum absolute atomic E-state index is 0.0521. The van der Waals surface area contributed by atoms with Crippen LogP contribution in [0.25, 0.3) is 0 Å². The molecule has 3 rings (SSSR count). The second-order valence-corrected chi connectivity index (χ2v) is 10.0. The number of aryl methyl sites for hydroxylation is 1. The molecule has 0 aromatic heterocycles. The summed E-state index contributed by atoms with van der Waals surface area (Å²) in [6.07, 6.45) is -0.548. The molecular formula is C14H18FNO5S2. The van der Waals surface area contributed by atoms with Crippen molar-refractivity contribution in [1.29, 1.82) is 0 Å². The molecule has 2 heterocycles. The van der Waals surface area contributed by atoms with Gasteiger partial charge in [-0.3, -0.25) is 0 Å². The predicted molar refractivity (Wildman–Crippen MR) is 82.8 cm³/mol. The van der Waals surface area contributed by atoms with E-state index in [1.165, 1.54) is 10.4 Å². The van der Waals surface area contributed by atoms with E-state index in [9.17, 15) is 21.2 Å². The Kier molecular flexibility index (Phi) is 4.47. The van der Waals surface area contributed by atoms with Crippen molar-refractivity contribution in [1.82, 2.24) is 4.31 Å². The van der Waals surface area contributed by atoms with Gasteiger partial charge in [0.25, 0.3) is 0 Å². The lowest BCUT2D eigenvalue weighted by Crippen LogP contribution is -2.53. The molecule has 2 aliphatic rings. The van der Waals surface area contributed by atoms with E-state index in [1.54, 1.807) is 18.2 Å². The second-order valence-electron chi connectivity index (χ2n) is 5.82. The van der Waals surface area contributed by atoms with Crippen LogP contribution in [0.5, 0.6) is 0 Å². The predicted octanol–water partition coefficient (Wildman–Crippen LogP) is 0.196. The molecule has 6 nitrogen and oxygen atoms in total. The summed E-state index contributed by atoms with van der Waals surface area (Å²) in [5.41, 5.74) is 0.333. The van der Waals surface area contributed by atoms with Gasteiger partial charge in [0.05, 0.1) is 36.0 Å². The molecule has 0 spiro atoms. The van der Waals surface area contributed by atoms with E-state index in [2.05, 4.69) is 0 Å². The van der Waals surface area contributed by atoms with Crippen molar-refractivity contribution in [2.45, 2.75) is 18.6 Å². The van der Waals surface area contributed by atoms with Crippen molar-refractivity contribution in [2.75, 3.05) is 30.4 Å². The molecule has 2 unspecified atom stereocenters. The molecule has 23 heavy (non-hydrogen) atoms. The van der Waals surface area contributed by atoms with Gasteiger partial charge in [-0.15, -0.1) is 0 Å². The molecule has 2 aliphatic heterocycles. The largest absolute Gasteiger partial charge is 0.374 e. The van der Waals surface area contributed by atoms with Gasteiger partial charge in [-0.1, -0.05) is 18.2 Å². The third-order valence-electron chi connectivity index (χ3n) is 4.23. The van der Waals surface area contributed by atoms with Crippen LogP contribution in [0, 0.1) is 5.82 Å². The molecule has 1 aromatic rings. The minimum atomic E-state index is -3.68. The van der Waals surface area contributed by atoms with Crippen LogP contribution in [0.1, 0.15) is 5.56 Å². The summed E-state index contributed by atoms with van der Waals surface area (Å²) in [5.74, 6) is -1.05. The summed E-state index contributed by atoms with van der Waals surface area (Å²) >= 11 is 0. The first-order valence-corrected chi connectivity index (χ1v) is 10.8. The topological polar surface area (TPSA) is 80.8 Å². The molecule has 2 fully saturated rings. The van der Waals surface area contributed by atoms with Gasteiger partial charge in [0.1, 0.15) is 5.82 Å². The number of sulfone groups is 1. The summed E-state index contributed by atoms with van der Waals surface area (Å²) in [4.78, 5) is 0. The van der Waals surface area contributed by atoms with E-state index in [0.29, 0.717) is 5.56 Å². The number of morpholine rings is 1. The summed E-state index contributed by atoms with van der Waals surface area (Å²) < 4.78 is 68.9. The number of nitrogens with zero attached hydrogens (tertiary/aromatic N) is 1. The standard InChI is InChI=1S/C14H18FNO5S2/c15-12-4-2-1-3-11(12)5-8-23(19,20)16-6-7-21-14-10-22(17,18)9-13(14)16/h1-4,13-14H,5-10H2. The molecular weight excluding hydrogens is 345 g/mol. The molecule has 0 radical (unpaired) electrons. The van der Waals surface area contributed by atoms with Crippen LogP contribution in [0.2, 0.25) is 0 Å². The smallest absolute Gasteiger partial charge is 0.214 e. The summed E-state index contributed by atoms with van der Waals surface area (Å²) in [6.45, 7) is 0.311. The highest BCUT2D eigenvalue weighted by Gasteiger charge is 2.47. The zero-order valence-corrected chi connectivity index (χ0v) is 14.0. The minimum Gasteiger partial charge on any atom is -0.374 e. The SMILES string of the molecule is O=S1(=O)CC2OCCN(S(=O)(=O)CCc3ccccc3F)C2C1. The van der Waals surface area contributed by atoms with Crippen molar-refractivity contribution in [3.63, 3.8) is 0 Å². The van der Waals surface area contributed by atoms with E-state index in [0.717, 1.165) is 0 Å². The average Bonchev–Trinajstić information content (AvgIpc) is 2.79. The molecule has 2 atom stereocenters. The molecule has 0 bridgehead atoms. The zero-order valence-electron chi connectivity index (χ0n) is 12.4. The maximum Gasteiger partial charge on any atom is 0.214 e. The number of rotatable bonds is 4. The number of hydrogen-bond donors (Lipinski definition) is 0. The molecule has 128 valence electrons. The Labute approximate surface area is 135 Å². The van der Waals surface area contributed by atoms with E-state index in [4.69, 9.17) is 4.74 Å². The van der Waals surface area contributed by atoms with Crippen LogP contribution in [0.4, 0.5) is 4.39 Å². The van der Waals surface area contributed by atoms with Crippen LogP contribution in [-0.2, 0) is 31.0 Å².